The lowest BCUT2D eigenvalue weighted by molar-refractivity contribution is 0.0908. The van der Waals surface area contributed by atoms with E-state index in [9.17, 15) is 9.18 Å². The zero-order chi connectivity index (χ0) is 29.6. The molecular formula is C34H34FN3O2SSi. The molecule has 1 atom stereocenters. The molecule has 0 saturated heterocycles. The lowest BCUT2D eigenvalue weighted by atomic mass is 10.00. The van der Waals surface area contributed by atoms with E-state index in [-0.39, 0.29) is 22.0 Å². The maximum atomic E-state index is 14.2. The van der Waals surface area contributed by atoms with E-state index in [0.717, 1.165) is 44.6 Å². The average molecular weight is 596 g/mol. The molecule has 2 aromatic carbocycles. The number of hydrogen-bond acceptors (Lipinski definition) is 4. The van der Waals surface area contributed by atoms with Gasteiger partial charge < -0.3 is 13.6 Å². The Morgan fingerprint density at radius 1 is 1.05 bits per heavy atom. The molecule has 1 unspecified atom stereocenters. The van der Waals surface area contributed by atoms with Gasteiger partial charge in [0.25, 0.3) is 0 Å². The summed E-state index contributed by atoms with van der Waals surface area (Å²) in [6.07, 6.45) is 7.68. The quantitative estimate of drug-likeness (QED) is 0.134. The smallest absolute Gasteiger partial charge is 0.236 e. The van der Waals surface area contributed by atoms with Crippen molar-refractivity contribution in [2.45, 2.75) is 62.9 Å². The number of halogens is 1. The van der Waals surface area contributed by atoms with E-state index in [1.54, 1.807) is 30.1 Å². The maximum absolute atomic E-state index is 14.2. The summed E-state index contributed by atoms with van der Waals surface area (Å²) in [4.78, 5) is 18.5. The summed E-state index contributed by atoms with van der Waals surface area (Å²) in [5, 5.41) is 1.07. The number of nitrogens with zero attached hydrogens (tertiary/aromatic N) is 3. The van der Waals surface area contributed by atoms with Crippen molar-refractivity contribution in [3.63, 3.8) is 0 Å². The minimum atomic E-state index is -0.450. The highest BCUT2D eigenvalue weighted by atomic mass is 32.2. The molecule has 8 heteroatoms. The zero-order valence-corrected chi connectivity index (χ0v) is 26.3. The lowest BCUT2D eigenvalue weighted by Gasteiger charge is -2.30. The Hall–Kier alpha value is -3.46. The fourth-order valence-corrected chi connectivity index (χ4v) is 7.34. The van der Waals surface area contributed by atoms with E-state index in [4.69, 9.17) is 4.43 Å². The van der Waals surface area contributed by atoms with Crippen molar-refractivity contribution in [1.82, 2.24) is 14.1 Å². The molecule has 0 fully saturated rings. The number of carbonyl (C=O) groups excluding carboxylic acids is 1. The molecule has 1 aliphatic rings. The topological polar surface area (TPSA) is 49.0 Å². The van der Waals surface area contributed by atoms with Crippen molar-refractivity contribution in [2.75, 3.05) is 0 Å². The van der Waals surface area contributed by atoms with Gasteiger partial charge >= 0.3 is 0 Å². The molecule has 42 heavy (non-hydrogen) atoms. The van der Waals surface area contributed by atoms with Crippen molar-refractivity contribution >= 4 is 38.2 Å². The number of benzene rings is 2. The predicted octanol–water partition coefficient (Wildman–Crippen LogP) is 8.30. The second-order valence-corrected chi connectivity index (χ2v) is 15.5. The first-order valence-electron chi connectivity index (χ1n) is 14.1. The van der Waals surface area contributed by atoms with Crippen LogP contribution in [0.15, 0.2) is 85.5 Å². The minimum absolute atomic E-state index is 0.0183. The van der Waals surface area contributed by atoms with Gasteiger partial charge in [0.15, 0.2) is 5.78 Å². The molecule has 0 amide bonds. The van der Waals surface area contributed by atoms with Gasteiger partial charge in [-0.1, -0.05) is 51.1 Å². The molecule has 0 aliphatic carbocycles. The minimum Gasteiger partial charge on any atom is -0.410 e. The first-order chi connectivity index (χ1) is 20.0. The first kappa shape index (κ1) is 28.6. The van der Waals surface area contributed by atoms with Crippen molar-refractivity contribution in [3.8, 4) is 11.1 Å². The Bertz CT molecular complexity index is 1750. The predicted molar refractivity (Wildman–Crippen MR) is 170 cm³/mol. The average Bonchev–Trinajstić information content (AvgIpc) is 3.66. The Balaban J connectivity index is 1.40. The van der Waals surface area contributed by atoms with Crippen LogP contribution in [0.25, 0.3) is 22.0 Å². The molecule has 1 aliphatic heterocycles. The molecular weight excluding hydrogens is 562 g/mol. The summed E-state index contributed by atoms with van der Waals surface area (Å²) >= 11 is 1.81. The zero-order valence-electron chi connectivity index (χ0n) is 24.5. The van der Waals surface area contributed by atoms with E-state index < -0.39 is 5.60 Å². The monoisotopic (exact) mass is 595 g/mol. The van der Waals surface area contributed by atoms with E-state index in [2.05, 4.69) is 60.9 Å². The van der Waals surface area contributed by atoms with Gasteiger partial charge in [-0.2, -0.15) is 0 Å². The van der Waals surface area contributed by atoms with Crippen LogP contribution >= 0.6 is 11.8 Å². The SMILES string of the molecule is CC(C)(Cn1cc(C(=O)c2ccn3c2CSC3c2cccnc2)c2ccc(-c3ccc(F)cc3)cc21)O[Si]C(C)(C)C. The number of fused-ring (bicyclic) bond motifs is 2. The largest absolute Gasteiger partial charge is 0.410 e. The van der Waals surface area contributed by atoms with E-state index in [0.29, 0.717) is 21.9 Å². The van der Waals surface area contributed by atoms with Crippen molar-refractivity contribution in [1.29, 1.82) is 0 Å². The number of thioether (sulfide) groups is 1. The fourth-order valence-electron chi connectivity index (χ4n) is 5.38. The second kappa shape index (κ2) is 11.0. The van der Waals surface area contributed by atoms with Gasteiger partial charge in [-0.3, -0.25) is 9.78 Å². The highest BCUT2D eigenvalue weighted by Gasteiger charge is 2.31. The normalized spacial score (nSPS) is 15.3. The van der Waals surface area contributed by atoms with Gasteiger partial charge in [-0.25, -0.2) is 4.39 Å². The van der Waals surface area contributed by atoms with E-state index in [1.807, 2.05) is 42.9 Å². The Morgan fingerprint density at radius 3 is 2.52 bits per heavy atom. The summed E-state index contributed by atoms with van der Waals surface area (Å²) in [5.41, 5.74) is 5.97. The third-order valence-electron chi connectivity index (χ3n) is 7.36. The first-order valence-corrected chi connectivity index (χ1v) is 16.0. The highest BCUT2D eigenvalue weighted by molar-refractivity contribution is 7.99. The van der Waals surface area contributed by atoms with Crippen LogP contribution < -0.4 is 0 Å². The Morgan fingerprint density at radius 2 is 1.81 bits per heavy atom. The molecule has 5 aromatic rings. The number of hydrogen-bond donors (Lipinski definition) is 0. The van der Waals surface area contributed by atoms with Crippen LogP contribution in [0.4, 0.5) is 4.39 Å². The van der Waals surface area contributed by atoms with Crippen LogP contribution in [-0.2, 0) is 16.7 Å². The summed E-state index contributed by atoms with van der Waals surface area (Å²) < 4.78 is 24.4. The van der Waals surface area contributed by atoms with Gasteiger partial charge in [-0.05, 0) is 60.3 Å². The standard InChI is InChI=1S/C34H34FN3O2SSi/c1-33(2,3)42-40-34(4,5)21-37-19-28(26-13-10-23(17-29(26)37)22-8-11-25(35)12-9-22)31(39)27-14-16-38-30(27)20-41-32(38)24-7-6-15-36-18-24/h6-19,32H,20-21H2,1-5H3. The van der Waals surface area contributed by atoms with Crippen molar-refractivity contribution in [3.05, 3.63) is 114 Å². The Labute approximate surface area is 253 Å². The highest BCUT2D eigenvalue weighted by Crippen LogP contribution is 2.43. The third kappa shape index (κ3) is 5.76. The lowest BCUT2D eigenvalue weighted by Crippen LogP contribution is -2.34. The maximum Gasteiger partial charge on any atom is 0.236 e. The molecule has 0 N–H and O–H groups in total. The van der Waals surface area contributed by atoms with Crippen LogP contribution in [0.3, 0.4) is 0 Å². The van der Waals surface area contributed by atoms with Gasteiger partial charge in [0.2, 0.25) is 9.76 Å². The Kier molecular flexibility index (Phi) is 7.49. The number of carbonyl (C=O) groups is 1. The van der Waals surface area contributed by atoms with Crippen LogP contribution in [-0.4, -0.2) is 35.3 Å². The van der Waals surface area contributed by atoms with E-state index in [1.165, 1.54) is 12.1 Å². The van der Waals surface area contributed by atoms with Crippen LogP contribution in [0.5, 0.6) is 0 Å². The number of aromatic nitrogens is 3. The molecule has 5 nitrogen and oxygen atoms in total. The summed E-state index contributed by atoms with van der Waals surface area (Å²) in [6, 6.07) is 18.6. The van der Waals surface area contributed by atoms with E-state index >= 15 is 0 Å². The number of pyridine rings is 1. The molecule has 214 valence electrons. The van der Waals surface area contributed by atoms with Crippen molar-refractivity contribution in [2.24, 2.45) is 0 Å². The van der Waals surface area contributed by atoms with Crippen LogP contribution in [0.1, 0.15) is 67.2 Å². The summed E-state index contributed by atoms with van der Waals surface area (Å²) in [7, 11) is 0.343. The molecule has 3 aromatic heterocycles. The number of rotatable bonds is 8. The fraction of sp³-hybridized carbons (Fsp3) is 0.294. The number of ketones is 1. The second-order valence-electron chi connectivity index (χ2n) is 12.5. The van der Waals surface area contributed by atoms with Gasteiger partial charge in [0, 0.05) is 70.4 Å². The van der Waals surface area contributed by atoms with Gasteiger partial charge in [0.1, 0.15) is 11.2 Å². The molecule has 0 spiro atoms. The summed E-state index contributed by atoms with van der Waals surface area (Å²) in [6.45, 7) is 11.3. The molecule has 2 radical (unpaired) electrons. The van der Waals surface area contributed by atoms with Crippen LogP contribution in [0.2, 0.25) is 5.04 Å². The molecule has 6 rings (SSSR count). The molecule has 4 heterocycles. The van der Waals surface area contributed by atoms with Crippen LogP contribution in [0, 0.1) is 5.82 Å². The van der Waals surface area contributed by atoms with Gasteiger partial charge in [-0.15, -0.1) is 11.8 Å². The molecule has 0 bridgehead atoms. The van der Waals surface area contributed by atoms with Crippen molar-refractivity contribution < 1.29 is 13.6 Å². The third-order valence-corrected chi connectivity index (χ3v) is 9.88. The van der Waals surface area contributed by atoms with Gasteiger partial charge in [0.05, 0.1) is 5.60 Å². The molecule has 0 saturated carbocycles. The summed E-state index contributed by atoms with van der Waals surface area (Å²) in [5.74, 6) is 0.513.